The van der Waals surface area contributed by atoms with Crippen LogP contribution in [0.5, 0.6) is 0 Å². The summed E-state index contributed by atoms with van der Waals surface area (Å²) in [6.45, 7) is 5.62. The van der Waals surface area contributed by atoms with Gasteiger partial charge in [-0.25, -0.2) is 0 Å². The monoisotopic (exact) mass is 410 g/mol. The van der Waals surface area contributed by atoms with Crippen LogP contribution in [0.15, 0.2) is 46.4 Å². The van der Waals surface area contributed by atoms with E-state index < -0.39 is 11.8 Å². The molecule has 2 aromatic rings. The molecule has 3 heterocycles. The van der Waals surface area contributed by atoms with E-state index >= 15 is 0 Å². The first kappa shape index (κ1) is 19.4. The highest BCUT2D eigenvalue weighted by atomic mass is 32.1. The van der Waals surface area contributed by atoms with E-state index in [1.807, 2.05) is 25.1 Å². The van der Waals surface area contributed by atoms with Crippen LogP contribution in [0.4, 0.5) is 11.6 Å². The Balaban J connectivity index is 1.59. The van der Waals surface area contributed by atoms with Crippen LogP contribution in [-0.2, 0) is 9.59 Å². The van der Waals surface area contributed by atoms with Gasteiger partial charge in [-0.05, 0) is 50.5 Å². The average Bonchev–Trinajstić information content (AvgIpc) is 3.16. The molecular weight excluding hydrogens is 388 g/mol. The highest BCUT2D eigenvalue weighted by molar-refractivity contribution is 7.80. The van der Waals surface area contributed by atoms with Crippen molar-refractivity contribution in [2.45, 2.75) is 6.92 Å². The third-order valence-corrected chi connectivity index (χ3v) is 5.39. The lowest BCUT2D eigenvalue weighted by molar-refractivity contribution is -0.122. The Morgan fingerprint density at radius 2 is 1.72 bits per heavy atom. The molecule has 29 heavy (non-hydrogen) atoms. The summed E-state index contributed by atoms with van der Waals surface area (Å²) >= 11 is 5.22. The molecule has 1 N–H and O–H groups in total. The minimum atomic E-state index is -0.527. The van der Waals surface area contributed by atoms with Gasteiger partial charge in [0, 0.05) is 32.2 Å². The number of carbonyl (C=O) groups is 2. The first-order valence-corrected chi connectivity index (χ1v) is 9.84. The normalized spacial score (nSPS) is 19.8. The van der Waals surface area contributed by atoms with Crippen molar-refractivity contribution in [3.8, 4) is 0 Å². The van der Waals surface area contributed by atoms with Gasteiger partial charge in [0.25, 0.3) is 11.8 Å². The number of hydrogen-bond donors (Lipinski definition) is 1. The zero-order valence-electron chi connectivity index (χ0n) is 16.3. The van der Waals surface area contributed by atoms with Crippen LogP contribution >= 0.6 is 12.2 Å². The van der Waals surface area contributed by atoms with E-state index in [9.17, 15) is 9.59 Å². The maximum absolute atomic E-state index is 13.0. The number of aryl methyl sites for hydroxylation is 1. The van der Waals surface area contributed by atoms with Crippen LogP contribution < -0.4 is 15.1 Å². The second-order valence-corrected chi connectivity index (χ2v) is 7.65. The number of nitrogens with one attached hydrogen (secondary N) is 1. The number of amides is 2. The molecule has 2 amide bonds. The fraction of sp³-hybridized carbons (Fsp3) is 0.286. The molecule has 2 fully saturated rings. The van der Waals surface area contributed by atoms with Crippen LogP contribution in [0.25, 0.3) is 6.08 Å². The summed E-state index contributed by atoms with van der Waals surface area (Å²) in [5.74, 6) is 0.190. The molecule has 4 rings (SSSR count). The van der Waals surface area contributed by atoms with Crippen molar-refractivity contribution < 1.29 is 14.0 Å². The number of benzene rings is 1. The van der Waals surface area contributed by atoms with Crippen LogP contribution in [0.3, 0.4) is 0 Å². The molecule has 0 aliphatic carbocycles. The standard InChI is InChI=1S/C21H22N4O3S/c1-14-3-5-15(6-4-14)25-20(27)17(19(26)22-21(25)29)13-16-7-8-18(28-16)24-11-9-23(2)10-12-24/h3-8,13H,9-12H2,1-2H3,(H,22,26,29). The lowest BCUT2D eigenvalue weighted by Crippen LogP contribution is -2.54. The van der Waals surface area contributed by atoms with E-state index in [1.165, 1.54) is 11.0 Å². The Labute approximate surface area is 174 Å². The summed E-state index contributed by atoms with van der Waals surface area (Å²) in [4.78, 5) is 31.2. The quantitative estimate of drug-likeness (QED) is 0.475. The summed E-state index contributed by atoms with van der Waals surface area (Å²) in [6, 6.07) is 11.0. The zero-order chi connectivity index (χ0) is 20.5. The van der Waals surface area contributed by atoms with Gasteiger partial charge >= 0.3 is 0 Å². The molecule has 7 nitrogen and oxygen atoms in total. The summed E-state index contributed by atoms with van der Waals surface area (Å²) < 4.78 is 5.89. The minimum absolute atomic E-state index is 0.0153. The van der Waals surface area contributed by atoms with Crippen LogP contribution in [0.2, 0.25) is 0 Å². The number of nitrogens with zero attached hydrogens (tertiary/aromatic N) is 3. The number of piperazine rings is 1. The lowest BCUT2D eigenvalue weighted by Gasteiger charge is -2.32. The summed E-state index contributed by atoms with van der Waals surface area (Å²) in [5.41, 5.74) is 1.66. The van der Waals surface area contributed by atoms with Crippen molar-refractivity contribution >= 4 is 46.8 Å². The Morgan fingerprint density at radius 1 is 1.03 bits per heavy atom. The molecule has 0 radical (unpaired) electrons. The Bertz CT molecular complexity index is 988. The molecule has 0 bridgehead atoms. The van der Waals surface area contributed by atoms with Gasteiger partial charge in [-0.3, -0.25) is 19.8 Å². The third kappa shape index (κ3) is 3.94. The van der Waals surface area contributed by atoms with Gasteiger partial charge in [-0.1, -0.05) is 17.7 Å². The highest BCUT2D eigenvalue weighted by Gasteiger charge is 2.34. The number of furan rings is 1. The van der Waals surface area contributed by atoms with Crippen molar-refractivity contribution in [2.75, 3.05) is 43.0 Å². The van der Waals surface area contributed by atoms with Crippen molar-refractivity contribution in [1.29, 1.82) is 0 Å². The van der Waals surface area contributed by atoms with Crippen molar-refractivity contribution in [1.82, 2.24) is 10.2 Å². The van der Waals surface area contributed by atoms with E-state index in [0.29, 0.717) is 11.4 Å². The first-order valence-electron chi connectivity index (χ1n) is 9.44. The highest BCUT2D eigenvalue weighted by Crippen LogP contribution is 2.25. The summed E-state index contributed by atoms with van der Waals surface area (Å²) in [6.07, 6.45) is 1.47. The largest absolute Gasteiger partial charge is 0.441 e. The number of hydrogen-bond acceptors (Lipinski definition) is 6. The molecule has 0 unspecified atom stereocenters. The van der Waals surface area contributed by atoms with Gasteiger partial charge in [0.1, 0.15) is 11.3 Å². The molecular formula is C21H22N4O3S. The fourth-order valence-electron chi connectivity index (χ4n) is 3.34. The summed E-state index contributed by atoms with van der Waals surface area (Å²) in [7, 11) is 2.09. The molecule has 8 heteroatoms. The van der Waals surface area contributed by atoms with E-state index in [1.54, 1.807) is 18.2 Å². The number of likely N-dealkylation sites (N-methyl/N-ethyl adjacent to an activating group) is 1. The molecule has 150 valence electrons. The molecule has 0 atom stereocenters. The van der Waals surface area contributed by atoms with Crippen LogP contribution in [-0.4, -0.2) is 55.1 Å². The molecule has 0 spiro atoms. The third-order valence-electron chi connectivity index (χ3n) is 5.11. The van der Waals surface area contributed by atoms with Gasteiger partial charge in [0.2, 0.25) is 0 Å². The lowest BCUT2D eigenvalue weighted by atomic mass is 10.1. The molecule has 1 aromatic heterocycles. The van der Waals surface area contributed by atoms with E-state index in [2.05, 4.69) is 22.2 Å². The smallest absolute Gasteiger partial charge is 0.270 e. The Hall–Kier alpha value is -2.97. The molecule has 1 aromatic carbocycles. The summed E-state index contributed by atoms with van der Waals surface area (Å²) in [5, 5.41) is 2.66. The van der Waals surface area contributed by atoms with Gasteiger partial charge < -0.3 is 14.2 Å². The molecule has 2 saturated heterocycles. The predicted octanol–water partition coefficient (Wildman–Crippen LogP) is 2.17. The van der Waals surface area contributed by atoms with Gasteiger partial charge in [-0.2, -0.15) is 0 Å². The Morgan fingerprint density at radius 3 is 2.41 bits per heavy atom. The van der Waals surface area contributed by atoms with Crippen molar-refractivity contribution in [2.24, 2.45) is 0 Å². The number of carbonyl (C=O) groups excluding carboxylic acids is 2. The predicted molar refractivity (Wildman–Crippen MR) is 116 cm³/mol. The van der Waals surface area contributed by atoms with Gasteiger partial charge in [0.05, 0.1) is 5.69 Å². The first-order chi connectivity index (χ1) is 13.9. The maximum atomic E-state index is 13.0. The second-order valence-electron chi connectivity index (χ2n) is 7.26. The number of anilines is 2. The molecule has 2 aliphatic rings. The number of thiocarbonyl (C=S) groups is 1. The van der Waals surface area contributed by atoms with Crippen molar-refractivity contribution in [3.63, 3.8) is 0 Å². The topological polar surface area (TPSA) is 69.0 Å². The molecule has 2 aliphatic heterocycles. The fourth-order valence-corrected chi connectivity index (χ4v) is 3.63. The van der Waals surface area contributed by atoms with Crippen LogP contribution in [0, 0.1) is 6.92 Å². The van der Waals surface area contributed by atoms with E-state index in [0.717, 1.165) is 37.6 Å². The van der Waals surface area contributed by atoms with Gasteiger partial charge in [-0.15, -0.1) is 0 Å². The number of rotatable bonds is 3. The second kappa shape index (κ2) is 7.81. The van der Waals surface area contributed by atoms with Crippen LogP contribution in [0.1, 0.15) is 11.3 Å². The SMILES string of the molecule is Cc1ccc(N2C(=O)C(=Cc3ccc(N4CCN(C)CC4)o3)C(=O)NC2=S)cc1. The zero-order valence-corrected chi connectivity index (χ0v) is 17.2. The maximum Gasteiger partial charge on any atom is 0.270 e. The van der Waals surface area contributed by atoms with Gasteiger partial charge in [0.15, 0.2) is 11.0 Å². The van der Waals surface area contributed by atoms with E-state index in [4.69, 9.17) is 16.6 Å². The van der Waals surface area contributed by atoms with Crippen molar-refractivity contribution in [3.05, 3.63) is 53.3 Å². The Kier molecular flexibility index (Phi) is 5.21. The minimum Gasteiger partial charge on any atom is -0.441 e. The molecule has 0 saturated carbocycles. The average molecular weight is 410 g/mol. The van der Waals surface area contributed by atoms with E-state index in [-0.39, 0.29) is 10.7 Å².